The molecule has 3 heterocycles. The Hall–Kier alpha value is -3.98. The van der Waals surface area contributed by atoms with Crippen LogP contribution in [0, 0.1) is 17.0 Å². The molecule has 0 aliphatic carbocycles. The molecular weight excluding hydrogens is 513 g/mol. The Bertz CT molecular complexity index is 1230. The molecule has 2 aromatic rings. The fourth-order valence-electron chi connectivity index (χ4n) is 3.99. The fourth-order valence-corrected chi connectivity index (χ4v) is 3.99. The van der Waals surface area contributed by atoms with Crippen LogP contribution in [0.1, 0.15) is 47.5 Å². The summed E-state index contributed by atoms with van der Waals surface area (Å²) in [6.45, 7) is 5.12. The first-order chi connectivity index (χ1) is 18.0. The van der Waals surface area contributed by atoms with Gasteiger partial charge in [0.05, 0.1) is 47.4 Å². The van der Waals surface area contributed by atoms with Crippen LogP contribution in [-0.2, 0) is 31.6 Å². The lowest BCUT2D eigenvalue weighted by Crippen LogP contribution is -2.49. The Balaban J connectivity index is 1.65. The van der Waals surface area contributed by atoms with Gasteiger partial charge >= 0.3 is 6.18 Å². The van der Waals surface area contributed by atoms with Crippen molar-refractivity contribution in [2.24, 2.45) is 0 Å². The summed E-state index contributed by atoms with van der Waals surface area (Å²) in [6.07, 6.45) is -3.38. The molecule has 15 heteroatoms. The van der Waals surface area contributed by atoms with E-state index in [1.54, 1.807) is 11.9 Å². The minimum atomic E-state index is -4.78. The molecule has 0 bridgehead atoms. The number of nitro benzene ring substituents is 1. The molecular formula is C23H25F3N6O6. The first kappa shape index (κ1) is 27.1. The number of aryl methyl sites for hydroxylation is 1. The third-order valence-electron chi connectivity index (χ3n) is 5.79. The number of carbonyl (C=O) groups is 1. The molecule has 2 aliphatic heterocycles. The number of nitro groups is 1. The molecule has 1 amide bonds. The van der Waals surface area contributed by atoms with Crippen LogP contribution in [0.3, 0.4) is 0 Å². The molecule has 0 unspecified atom stereocenters. The number of alkyl halides is 3. The maximum atomic E-state index is 13.4. The highest BCUT2D eigenvalue weighted by Gasteiger charge is 2.34. The fraction of sp³-hybridized carbons (Fsp3) is 0.435. The van der Waals surface area contributed by atoms with E-state index in [-0.39, 0.29) is 40.8 Å². The van der Waals surface area contributed by atoms with E-state index in [1.807, 2.05) is 0 Å². The average Bonchev–Trinajstić information content (AvgIpc) is 3.38. The van der Waals surface area contributed by atoms with E-state index in [0.29, 0.717) is 32.4 Å². The third-order valence-corrected chi connectivity index (χ3v) is 5.79. The number of aromatic nitrogens is 2. The zero-order valence-corrected chi connectivity index (χ0v) is 20.4. The van der Waals surface area contributed by atoms with Gasteiger partial charge in [0.1, 0.15) is 24.2 Å². The highest BCUT2D eigenvalue weighted by atomic mass is 19.4. The van der Waals surface area contributed by atoms with Gasteiger partial charge in [-0.2, -0.15) is 13.2 Å². The van der Waals surface area contributed by atoms with E-state index < -0.39 is 34.7 Å². The Kier molecular flexibility index (Phi) is 7.97. The predicted molar refractivity (Wildman–Crippen MR) is 125 cm³/mol. The predicted octanol–water partition coefficient (Wildman–Crippen LogP) is 3.31. The van der Waals surface area contributed by atoms with E-state index in [0.717, 1.165) is 12.1 Å². The summed E-state index contributed by atoms with van der Waals surface area (Å²) in [6, 6.07) is 1.50. The lowest BCUT2D eigenvalue weighted by Gasteiger charge is -2.27. The number of benzene rings is 1. The summed E-state index contributed by atoms with van der Waals surface area (Å²) in [5.41, 5.74) is 1.50. The SMILES string of the molecule is Cc1nc(CC(=O)NN2CCOCC2)c(C2OC=CO2)c(N[C@H](C)c2cc([N+](=O)[O-])cc(C(F)(F)F)c2)n1. The third kappa shape index (κ3) is 6.47. The number of morpholine rings is 1. The maximum Gasteiger partial charge on any atom is 0.416 e. The van der Waals surface area contributed by atoms with Gasteiger partial charge in [-0.05, 0) is 25.5 Å². The molecule has 38 heavy (non-hydrogen) atoms. The van der Waals surface area contributed by atoms with Crippen LogP contribution in [0.15, 0.2) is 30.7 Å². The number of carbonyl (C=O) groups excluding carboxylic acids is 1. The molecule has 1 saturated heterocycles. The van der Waals surface area contributed by atoms with Crippen LogP contribution in [0.5, 0.6) is 0 Å². The number of ether oxygens (including phenoxy) is 3. The van der Waals surface area contributed by atoms with Crippen LogP contribution < -0.4 is 10.7 Å². The number of hydrogen-bond donors (Lipinski definition) is 2. The molecule has 2 N–H and O–H groups in total. The standard InChI is InChI=1S/C23H25F3N6O6/c1-13(15-9-16(23(24,25)26)11-17(10-15)32(34)35)27-21-20(22-37-7-8-38-22)18(28-14(2)29-21)12-19(33)30-31-3-5-36-6-4-31/h7-11,13,22H,3-6,12H2,1-2H3,(H,30,33)(H,27,28,29)/t13-/m1/s1. The van der Waals surface area contributed by atoms with Crippen molar-refractivity contribution < 1.29 is 37.1 Å². The molecule has 1 atom stereocenters. The number of anilines is 1. The number of nitrogens with one attached hydrogen (secondary N) is 2. The summed E-state index contributed by atoms with van der Waals surface area (Å²) in [7, 11) is 0. The Labute approximate surface area is 214 Å². The number of hydrazine groups is 1. The molecule has 4 rings (SSSR count). The zero-order valence-electron chi connectivity index (χ0n) is 20.4. The molecule has 1 aromatic carbocycles. The molecule has 204 valence electrons. The summed E-state index contributed by atoms with van der Waals surface area (Å²) in [5.74, 6) is 0.0660. The van der Waals surface area contributed by atoms with Gasteiger partial charge in [-0.15, -0.1) is 0 Å². The van der Waals surface area contributed by atoms with Crippen LogP contribution in [0.25, 0.3) is 0 Å². The highest BCUT2D eigenvalue weighted by molar-refractivity contribution is 5.78. The van der Waals surface area contributed by atoms with Crippen LogP contribution in [-0.4, -0.2) is 52.1 Å². The molecule has 0 spiro atoms. The van der Waals surface area contributed by atoms with Crippen LogP contribution >= 0.6 is 0 Å². The summed E-state index contributed by atoms with van der Waals surface area (Å²) in [4.78, 5) is 32.0. The highest BCUT2D eigenvalue weighted by Crippen LogP contribution is 2.37. The minimum Gasteiger partial charge on any atom is -0.455 e. The van der Waals surface area contributed by atoms with Crippen LogP contribution in [0.2, 0.25) is 0 Å². The monoisotopic (exact) mass is 538 g/mol. The Morgan fingerprint density at radius 2 is 1.89 bits per heavy atom. The second-order valence-electron chi connectivity index (χ2n) is 8.60. The minimum absolute atomic E-state index is 0.00624. The number of rotatable bonds is 8. The van der Waals surface area contributed by atoms with Gasteiger partial charge in [0.2, 0.25) is 5.91 Å². The quantitative estimate of drug-likeness (QED) is 0.380. The van der Waals surface area contributed by atoms with E-state index in [9.17, 15) is 28.1 Å². The van der Waals surface area contributed by atoms with Crippen molar-refractivity contribution in [2.45, 2.75) is 38.8 Å². The first-order valence-electron chi connectivity index (χ1n) is 11.6. The molecule has 0 radical (unpaired) electrons. The van der Waals surface area contributed by atoms with Crippen molar-refractivity contribution >= 4 is 17.4 Å². The summed E-state index contributed by atoms with van der Waals surface area (Å²) >= 11 is 0. The smallest absolute Gasteiger partial charge is 0.416 e. The molecule has 1 fully saturated rings. The van der Waals surface area contributed by atoms with Crippen molar-refractivity contribution in [1.82, 2.24) is 20.4 Å². The van der Waals surface area contributed by atoms with Gasteiger partial charge in [0.15, 0.2) is 0 Å². The van der Waals surface area contributed by atoms with Crippen molar-refractivity contribution in [2.75, 3.05) is 31.6 Å². The zero-order chi connectivity index (χ0) is 27.4. The van der Waals surface area contributed by atoms with Gasteiger partial charge < -0.3 is 19.5 Å². The van der Waals surface area contributed by atoms with Crippen molar-refractivity contribution in [1.29, 1.82) is 0 Å². The van der Waals surface area contributed by atoms with Gasteiger partial charge in [-0.3, -0.25) is 20.3 Å². The first-order valence-corrected chi connectivity index (χ1v) is 11.6. The Morgan fingerprint density at radius 1 is 1.21 bits per heavy atom. The molecule has 12 nitrogen and oxygen atoms in total. The number of nitrogens with zero attached hydrogens (tertiary/aromatic N) is 4. The lowest BCUT2D eigenvalue weighted by atomic mass is 10.0. The Morgan fingerprint density at radius 3 is 2.53 bits per heavy atom. The van der Waals surface area contributed by atoms with Crippen molar-refractivity contribution in [3.05, 3.63) is 69.0 Å². The van der Waals surface area contributed by atoms with Gasteiger partial charge in [-0.25, -0.2) is 15.0 Å². The number of hydrogen-bond acceptors (Lipinski definition) is 10. The van der Waals surface area contributed by atoms with Crippen molar-refractivity contribution in [3.8, 4) is 0 Å². The maximum absolute atomic E-state index is 13.4. The largest absolute Gasteiger partial charge is 0.455 e. The summed E-state index contributed by atoms with van der Waals surface area (Å²) in [5, 5.41) is 16.0. The van der Waals surface area contributed by atoms with E-state index in [4.69, 9.17) is 14.2 Å². The average molecular weight is 538 g/mol. The number of non-ortho nitro benzene ring substituents is 1. The number of halogens is 3. The normalized spacial score (nSPS) is 17.0. The van der Waals surface area contributed by atoms with E-state index in [1.165, 1.54) is 19.4 Å². The second-order valence-corrected chi connectivity index (χ2v) is 8.60. The summed E-state index contributed by atoms with van der Waals surface area (Å²) < 4.78 is 56.5. The van der Waals surface area contributed by atoms with Crippen molar-refractivity contribution in [3.63, 3.8) is 0 Å². The van der Waals surface area contributed by atoms with E-state index in [2.05, 4.69) is 20.7 Å². The van der Waals surface area contributed by atoms with Gasteiger partial charge in [-0.1, -0.05) is 0 Å². The molecule has 2 aliphatic rings. The van der Waals surface area contributed by atoms with E-state index >= 15 is 0 Å². The molecule has 1 aromatic heterocycles. The topological polar surface area (TPSA) is 141 Å². The second kappa shape index (κ2) is 11.2. The van der Waals surface area contributed by atoms with Gasteiger partial charge in [0, 0.05) is 25.2 Å². The van der Waals surface area contributed by atoms with Crippen LogP contribution in [0.4, 0.5) is 24.7 Å². The molecule has 0 saturated carbocycles. The van der Waals surface area contributed by atoms with Gasteiger partial charge in [0.25, 0.3) is 12.0 Å². The number of amides is 1. The lowest BCUT2D eigenvalue weighted by molar-refractivity contribution is -0.385.